The third-order valence-electron chi connectivity index (χ3n) is 5.30. The number of aromatic nitrogens is 4. The Morgan fingerprint density at radius 1 is 1.20 bits per heavy atom. The summed E-state index contributed by atoms with van der Waals surface area (Å²) in [5, 5.41) is 42.3. The number of anilines is 1. The smallest absolute Gasteiger partial charge is 0.416 e. The summed E-state index contributed by atoms with van der Waals surface area (Å²) in [6.07, 6.45) is -4.49. The second-order valence-electron chi connectivity index (χ2n) is 7.58. The summed E-state index contributed by atoms with van der Waals surface area (Å²) in [7, 11) is 0. The van der Waals surface area contributed by atoms with Gasteiger partial charge in [0.2, 0.25) is 0 Å². The van der Waals surface area contributed by atoms with Crippen LogP contribution in [0, 0.1) is 0 Å². The molecule has 7 N–H and O–H groups in total. The van der Waals surface area contributed by atoms with Crippen LogP contribution in [0.15, 0.2) is 36.9 Å². The highest BCUT2D eigenvalue weighted by Gasteiger charge is 2.43. The van der Waals surface area contributed by atoms with Gasteiger partial charge in [0.05, 0.1) is 17.5 Å². The summed E-state index contributed by atoms with van der Waals surface area (Å²) in [6.45, 7) is -0.236. The largest absolute Gasteiger partial charge is 0.504 e. The van der Waals surface area contributed by atoms with E-state index in [1.807, 2.05) is 0 Å². The second kappa shape index (κ2) is 9.01. The molecule has 12 nitrogen and oxygen atoms in total. The van der Waals surface area contributed by atoms with E-state index in [0.29, 0.717) is 12.1 Å². The standard InChI is InChI=1S/C20H19F3N6O6/c21-20(22,23)8-4-9(13(31)10(30)5-8)18(34)25-3-1-2-11-14(32)15(33)19(35-11)29-7-28-12-16(24)26-6-27-17(12)29/h1-2,4-7,11,14-15,19,30-33H,3H2,(H,25,34)(H2,24,26,27)/b2-1+/t11-,14?,15?,19-/m1/s1. The number of benzene rings is 1. The number of carbonyl (C=O) groups is 1. The number of aromatic hydroxyl groups is 2. The number of amides is 1. The van der Waals surface area contributed by atoms with E-state index < -0.39 is 59.2 Å². The third kappa shape index (κ3) is 4.55. The lowest BCUT2D eigenvalue weighted by Crippen LogP contribution is -2.31. The molecule has 1 aliphatic rings. The number of nitrogens with two attached hydrogens (primary N) is 1. The van der Waals surface area contributed by atoms with E-state index in [1.165, 1.54) is 29.4 Å². The molecular weight excluding hydrogens is 477 g/mol. The number of ether oxygens (including phenoxy) is 1. The molecule has 0 radical (unpaired) electrons. The summed E-state index contributed by atoms with van der Waals surface area (Å²) in [6, 6.07) is 0.709. The number of rotatable bonds is 5. The number of phenols is 2. The highest BCUT2D eigenvalue weighted by Crippen LogP contribution is 2.38. The van der Waals surface area contributed by atoms with Gasteiger partial charge in [0.15, 0.2) is 29.2 Å². The highest BCUT2D eigenvalue weighted by molar-refractivity contribution is 5.98. The lowest BCUT2D eigenvalue weighted by atomic mass is 10.1. The summed E-state index contributed by atoms with van der Waals surface area (Å²) in [5.41, 5.74) is 4.21. The number of alkyl halides is 3. The number of imidazole rings is 1. The molecule has 4 atom stereocenters. The van der Waals surface area contributed by atoms with Crippen LogP contribution >= 0.6 is 0 Å². The summed E-state index contributed by atoms with van der Waals surface area (Å²) < 4.78 is 45.8. The Bertz CT molecular complexity index is 1300. The van der Waals surface area contributed by atoms with Gasteiger partial charge in [0, 0.05) is 6.54 Å². The number of carbonyl (C=O) groups excluding carboxylic acids is 1. The van der Waals surface area contributed by atoms with Crippen LogP contribution < -0.4 is 11.1 Å². The molecule has 2 unspecified atom stereocenters. The van der Waals surface area contributed by atoms with Crippen LogP contribution in [-0.4, -0.2) is 70.7 Å². The van der Waals surface area contributed by atoms with Gasteiger partial charge in [0.25, 0.3) is 5.91 Å². The number of nitrogens with zero attached hydrogens (tertiary/aromatic N) is 4. The monoisotopic (exact) mass is 496 g/mol. The molecular formula is C20H19F3N6O6. The number of nitrogen functional groups attached to an aromatic ring is 1. The molecule has 186 valence electrons. The van der Waals surface area contributed by atoms with Gasteiger partial charge in [0.1, 0.15) is 30.2 Å². The molecule has 1 fully saturated rings. The van der Waals surface area contributed by atoms with Crippen molar-refractivity contribution in [1.82, 2.24) is 24.8 Å². The highest BCUT2D eigenvalue weighted by atomic mass is 19.4. The van der Waals surface area contributed by atoms with Gasteiger partial charge in [-0.2, -0.15) is 13.2 Å². The van der Waals surface area contributed by atoms with Crippen molar-refractivity contribution >= 4 is 22.9 Å². The first-order chi connectivity index (χ1) is 16.5. The maximum atomic E-state index is 12.9. The Morgan fingerprint density at radius 3 is 2.66 bits per heavy atom. The lowest BCUT2D eigenvalue weighted by Gasteiger charge is -2.16. The number of phenolic OH excluding ortho intramolecular Hbond substituents is 2. The number of nitrogens with one attached hydrogen (secondary N) is 1. The van der Waals surface area contributed by atoms with Crippen LogP contribution in [0.4, 0.5) is 19.0 Å². The van der Waals surface area contributed by atoms with E-state index >= 15 is 0 Å². The predicted octanol–water partition coefficient (Wildman–Crippen LogP) is 0.444. The molecule has 4 rings (SSSR count). The molecule has 3 heterocycles. The van der Waals surface area contributed by atoms with Gasteiger partial charge in [-0.15, -0.1) is 0 Å². The third-order valence-corrected chi connectivity index (χ3v) is 5.30. The number of hydrogen-bond donors (Lipinski definition) is 6. The fraction of sp³-hybridized carbons (Fsp3) is 0.300. The van der Waals surface area contributed by atoms with Crippen molar-refractivity contribution in [1.29, 1.82) is 0 Å². The Labute approximate surface area is 194 Å². The number of fused-ring (bicyclic) bond motifs is 1. The maximum absolute atomic E-state index is 12.9. The molecule has 1 amide bonds. The van der Waals surface area contributed by atoms with Crippen molar-refractivity contribution in [2.75, 3.05) is 12.3 Å². The van der Waals surface area contributed by atoms with Crippen molar-refractivity contribution in [3.05, 3.63) is 48.1 Å². The summed E-state index contributed by atoms with van der Waals surface area (Å²) >= 11 is 0. The first kappa shape index (κ1) is 24.2. The quantitative estimate of drug-likeness (QED) is 0.214. The van der Waals surface area contributed by atoms with Crippen LogP contribution in [0.2, 0.25) is 0 Å². The summed E-state index contributed by atoms with van der Waals surface area (Å²) in [5.74, 6) is -3.06. The molecule has 1 aliphatic heterocycles. The normalized spacial score (nSPS) is 22.8. The molecule has 0 spiro atoms. The zero-order valence-electron chi connectivity index (χ0n) is 17.6. The van der Waals surface area contributed by atoms with Gasteiger partial charge in [-0.3, -0.25) is 9.36 Å². The van der Waals surface area contributed by atoms with Crippen molar-refractivity contribution in [3.63, 3.8) is 0 Å². The molecule has 1 aromatic carbocycles. The number of aliphatic hydroxyl groups is 2. The van der Waals surface area contributed by atoms with Gasteiger partial charge < -0.3 is 36.2 Å². The minimum absolute atomic E-state index is 0.120. The molecule has 0 saturated carbocycles. The SMILES string of the molecule is Nc1ncnc2c1ncn2[C@@H]1O[C@H](/C=C/CNC(=O)c2cc(C(F)(F)F)cc(O)c2O)C(O)C1O. The first-order valence-electron chi connectivity index (χ1n) is 10.0. The first-order valence-corrected chi connectivity index (χ1v) is 10.0. The van der Waals surface area contributed by atoms with Crippen LogP contribution in [0.3, 0.4) is 0 Å². The van der Waals surface area contributed by atoms with E-state index in [-0.39, 0.29) is 23.5 Å². The van der Waals surface area contributed by atoms with Gasteiger partial charge in [-0.25, -0.2) is 15.0 Å². The fourth-order valence-corrected chi connectivity index (χ4v) is 3.54. The van der Waals surface area contributed by atoms with E-state index in [0.717, 1.165) is 0 Å². The van der Waals surface area contributed by atoms with Crippen LogP contribution in [0.1, 0.15) is 22.1 Å². The van der Waals surface area contributed by atoms with Gasteiger partial charge >= 0.3 is 6.18 Å². The molecule has 1 saturated heterocycles. The van der Waals surface area contributed by atoms with Crippen molar-refractivity contribution in [2.45, 2.75) is 30.7 Å². The second-order valence-corrected chi connectivity index (χ2v) is 7.58. The zero-order chi connectivity index (χ0) is 25.5. The van der Waals surface area contributed by atoms with Crippen LogP contribution in [-0.2, 0) is 10.9 Å². The van der Waals surface area contributed by atoms with E-state index in [1.54, 1.807) is 0 Å². The van der Waals surface area contributed by atoms with Crippen molar-refractivity contribution in [2.24, 2.45) is 0 Å². The average molecular weight is 496 g/mol. The van der Waals surface area contributed by atoms with Crippen LogP contribution in [0.25, 0.3) is 11.2 Å². The molecule has 35 heavy (non-hydrogen) atoms. The van der Waals surface area contributed by atoms with E-state index in [2.05, 4.69) is 20.3 Å². The average Bonchev–Trinajstić information content (AvgIpc) is 3.34. The molecule has 2 aromatic heterocycles. The molecule has 3 aromatic rings. The maximum Gasteiger partial charge on any atom is 0.416 e. The Kier molecular flexibility index (Phi) is 6.23. The Hall–Kier alpha value is -3.95. The van der Waals surface area contributed by atoms with E-state index in [9.17, 15) is 38.4 Å². The Morgan fingerprint density at radius 2 is 1.94 bits per heavy atom. The number of halogens is 3. The molecule has 15 heteroatoms. The number of aliphatic hydroxyl groups excluding tert-OH is 2. The minimum atomic E-state index is -4.84. The van der Waals surface area contributed by atoms with Gasteiger partial charge in [-0.1, -0.05) is 12.2 Å². The van der Waals surface area contributed by atoms with Crippen molar-refractivity contribution in [3.8, 4) is 11.5 Å². The topological polar surface area (TPSA) is 189 Å². The lowest BCUT2D eigenvalue weighted by molar-refractivity contribution is -0.137. The minimum Gasteiger partial charge on any atom is -0.504 e. The van der Waals surface area contributed by atoms with Gasteiger partial charge in [-0.05, 0) is 12.1 Å². The summed E-state index contributed by atoms with van der Waals surface area (Å²) in [4.78, 5) is 24.2. The van der Waals surface area contributed by atoms with E-state index in [4.69, 9.17) is 10.5 Å². The zero-order valence-corrected chi connectivity index (χ0v) is 17.6. The Balaban J connectivity index is 1.43. The number of hydrogen-bond acceptors (Lipinski definition) is 10. The fourth-order valence-electron chi connectivity index (χ4n) is 3.54. The molecule has 0 bridgehead atoms. The molecule has 0 aliphatic carbocycles. The van der Waals surface area contributed by atoms with Crippen LogP contribution in [0.5, 0.6) is 11.5 Å². The van der Waals surface area contributed by atoms with Crippen molar-refractivity contribution < 1.29 is 43.1 Å². The predicted molar refractivity (Wildman–Crippen MR) is 112 cm³/mol.